The van der Waals surface area contributed by atoms with Crippen LogP contribution in [0, 0.1) is 0 Å². The number of hydrogen-bond donors (Lipinski definition) is 2. The quantitative estimate of drug-likeness (QED) is 0.522. The average Bonchev–Trinajstić information content (AvgIpc) is 3.38. The second-order valence-electron chi connectivity index (χ2n) is 5.94. The second kappa shape index (κ2) is 8.01. The fraction of sp³-hybridized carbons (Fsp3) is 0.100. The molecule has 0 fully saturated rings. The Morgan fingerprint density at radius 2 is 1.89 bits per heavy atom. The first-order chi connectivity index (χ1) is 13.7. The lowest BCUT2D eigenvalue weighted by Crippen LogP contribution is -2.15. The number of aromatic nitrogens is 4. The molecule has 8 heteroatoms. The molecule has 2 aromatic carbocycles. The number of rotatable bonds is 6. The summed E-state index contributed by atoms with van der Waals surface area (Å²) in [5, 5.41) is 12.4. The molecule has 0 saturated heterocycles. The maximum absolute atomic E-state index is 12.3. The highest BCUT2D eigenvalue weighted by atomic mass is 32.1. The number of H-pyrrole nitrogens is 1. The molecular weight excluding hydrogens is 374 g/mol. The molecule has 0 atom stereocenters. The number of anilines is 1. The second-order valence-corrected chi connectivity index (χ2v) is 6.80. The highest BCUT2D eigenvalue weighted by molar-refractivity contribution is 7.13. The Morgan fingerprint density at radius 3 is 2.71 bits per heavy atom. The van der Waals surface area contributed by atoms with E-state index in [1.165, 1.54) is 11.3 Å². The van der Waals surface area contributed by atoms with Crippen molar-refractivity contribution >= 4 is 23.2 Å². The number of nitrogens with one attached hydrogen (secondary N) is 2. The summed E-state index contributed by atoms with van der Waals surface area (Å²) in [6.07, 6.45) is 0.155. The van der Waals surface area contributed by atoms with E-state index in [2.05, 4.69) is 25.5 Å². The van der Waals surface area contributed by atoms with Crippen LogP contribution in [0.4, 0.5) is 5.95 Å². The average molecular weight is 391 g/mol. The van der Waals surface area contributed by atoms with E-state index in [4.69, 9.17) is 4.74 Å². The van der Waals surface area contributed by atoms with Gasteiger partial charge in [0.15, 0.2) is 5.82 Å². The number of benzene rings is 2. The van der Waals surface area contributed by atoms with Crippen molar-refractivity contribution in [2.75, 3.05) is 12.4 Å². The SMILES string of the molecule is COc1ccccc1-c1nc(NC(=O)Cc2csc(-c3ccccc3)n2)n[nH]1. The number of carbonyl (C=O) groups is 1. The largest absolute Gasteiger partial charge is 0.496 e. The lowest BCUT2D eigenvalue weighted by molar-refractivity contribution is -0.115. The number of para-hydroxylation sites is 1. The lowest BCUT2D eigenvalue weighted by Gasteiger charge is -2.04. The van der Waals surface area contributed by atoms with Crippen molar-refractivity contribution in [3.8, 4) is 27.7 Å². The van der Waals surface area contributed by atoms with Crippen molar-refractivity contribution in [3.63, 3.8) is 0 Å². The molecule has 4 aromatic rings. The van der Waals surface area contributed by atoms with Gasteiger partial charge in [0.05, 0.1) is 24.8 Å². The van der Waals surface area contributed by atoms with E-state index in [1.807, 2.05) is 60.0 Å². The summed E-state index contributed by atoms with van der Waals surface area (Å²) in [5.41, 5.74) is 2.52. The lowest BCUT2D eigenvalue weighted by atomic mass is 10.2. The Labute approximate surface area is 165 Å². The molecule has 0 saturated carbocycles. The fourth-order valence-electron chi connectivity index (χ4n) is 2.71. The zero-order valence-electron chi connectivity index (χ0n) is 15.0. The third-order valence-electron chi connectivity index (χ3n) is 4.01. The smallest absolute Gasteiger partial charge is 0.249 e. The van der Waals surface area contributed by atoms with Gasteiger partial charge in [-0.1, -0.05) is 42.5 Å². The summed E-state index contributed by atoms with van der Waals surface area (Å²) in [7, 11) is 1.59. The van der Waals surface area contributed by atoms with Crippen LogP contribution in [0.3, 0.4) is 0 Å². The van der Waals surface area contributed by atoms with Gasteiger partial charge in [-0.25, -0.2) is 4.98 Å². The monoisotopic (exact) mass is 391 g/mol. The molecule has 140 valence electrons. The van der Waals surface area contributed by atoms with Crippen molar-refractivity contribution < 1.29 is 9.53 Å². The summed E-state index contributed by atoms with van der Waals surface area (Å²) in [6.45, 7) is 0. The molecule has 0 aliphatic carbocycles. The molecule has 0 aliphatic heterocycles. The molecule has 0 radical (unpaired) electrons. The van der Waals surface area contributed by atoms with Crippen LogP contribution in [0.25, 0.3) is 22.0 Å². The Morgan fingerprint density at radius 1 is 1.11 bits per heavy atom. The molecule has 2 N–H and O–H groups in total. The molecule has 0 spiro atoms. The number of thiazole rings is 1. The minimum absolute atomic E-state index is 0.155. The predicted octanol–water partition coefficient (Wildman–Crippen LogP) is 3.79. The number of methoxy groups -OCH3 is 1. The Balaban J connectivity index is 1.42. The van der Waals surface area contributed by atoms with E-state index in [0.29, 0.717) is 17.3 Å². The van der Waals surface area contributed by atoms with Crippen LogP contribution in [0.2, 0.25) is 0 Å². The molecule has 1 amide bonds. The van der Waals surface area contributed by atoms with Crippen LogP contribution >= 0.6 is 11.3 Å². The fourth-order valence-corrected chi connectivity index (χ4v) is 3.54. The number of carbonyl (C=O) groups excluding carboxylic acids is 1. The zero-order chi connectivity index (χ0) is 19.3. The summed E-state index contributed by atoms with van der Waals surface area (Å²) in [4.78, 5) is 21.2. The van der Waals surface area contributed by atoms with Crippen LogP contribution in [-0.4, -0.2) is 33.2 Å². The van der Waals surface area contributed by atoms with E-state index in [0.717, 1.165) is 16.1 Å². The number of aromatic amines is 1. The first kappa shape index (κ1) is 17.9. The van der Waals surface area contributed by atoms with Gasteiger partial charge in [-0.15, -0.1) is 16.4 Å². The van der Waals surface area contributed by atoms with E-state index < -0.39 is 0 Å². The zero-order valence-corrected chi connectivity index (χ0v) is 15.9. The molecule has 2 aromatic heterocycles. The summed E-state index contributed by atoms with van der Waals surface area (Å²) in [6, 6.07) is 17.3. The van der Waals surface area contributed by atoms with Gasteiger partial charge in [-0.2, -0.15) is 4.98 Å². The number of ether oxygens (including phenoxy) is 1. The summed E-state index contributed by atoms with van der Waals surface area (Å²) < 4.78 is 5.33. The minimum atomic E-state index is -0.226. The van der Waals surface area contributed by atoms with Gasteiger partial charge in [-0.3, -0.25) is 15.2 Å². The minimum Gasteiger partial charge on any atom is -0.496 e. The van der Waals surface area contributed by atoms with Crippen LogP contribution in [0.5, 0.6) is 5.75 Å². The normalized spacial score (nSPS) is 10.6. The van der Waals surface area contributed by atoms with Crippen LogP contribution < -0.4 is 10.1 Å². The van der Waals surface area contributed by atoms with Gasteiger partial charge in [0.2, 0.25) is 11.9 Å². The number of hydrogen-bond acceptors (Lipinski definition) is 6. The third kappa shape index (κ3) is 3.91. The molecule has 0 aliphatic rings. The Kier molecular flexibility index (Phi) is 5.11. The van der Waals surface area contributed by atoms with Crippen LogP contribution in [-0.2, 0) is 11.2 Å². The number of nitrogens with zero attached hydrogens (tertiary/aromatic N) is 3. The van der Waals surface area contributed by atoms with Gasteiger partial charge in [-0.05, 0) is 12.1 Å². The molecule has 2 heterocycles. The summed E-state index contributed by atoms with van der Waals surface area (Å²) in [5.74, 6) is 1.18. The van der Waals surface area contributed by atoms with Gasteiger partial charge in [0.25, 0.3) is 0 Å². The molecule has 7 nitrogen and oxygen atoms in total. The van der Waals surface area contributed by atoms with Gasteiger partial charge >= 0.3 is 0 Å². The highest BCUT2D eigenvalue weighted by Gasteiger charge is 2.14. The van der Waals surface area contributed by atoms with Crippen molar-refractivity contribution in [2.45, 2.75) is 6.42 Å². The van der Waals surface area contributed by atoms with Crippen LogP contribution in [0.1, 0.15) is 5.69 Å². The maximum Gasteiger partial charge on any atom is 0.249 e. The van der Waals surface area contributed by atoms with Crippen LogP contribution in [0.15, 0.2) is 60.0 Å². The van der Waals surface area contributed by atoms with Gasteiger partial charge in [0.1, 0.15) is 10.8 Å². The predicted molar refractivity (Wildman–Crippen MR) is 108 cm³/mol. The highest BCUT2D eigenvalue weighted by Crippen LogP contribution is 2.27. The molecule has 0 unspecified atom stereocenters. The maximum atomic E-state index is 12.3. The Bertz CT molecular complexity index is 1090. The third-order valence-corrected chi connectivity index (χ3v) is 4.95. The van der Waals surface area contributed by atoms with Crippen molar-refractivity contribution in [2.24, 2.45) is 0 Å². The standard InChI is InChI=1S/C20H17N5O2S/c1-27-16-10-6-5-9-15(16)18-23-20(25-24-18)22-17(26)11-14-12-28-19(21-14)13-7-3-2-4-8-13/h2-10,12H,11H2,1H3,(H2,22,23,24,25,26). The van der Waals surface area contributed by atoms with E-state index in [1.54, 1.807) is 7.11 Å². The van der Waals surface area contributed by atoms with Crippen molar-refractivity contribution in [1.29, 1.82) is 0 Å². The van der Waals surface area contributed by atoms with Crippen molar-refractivity contribution in [1.82, 2.24) is 20.2 Å². The topological polar surface area (TPSA) is 92.8 Å². The van der Waals surface area contributed by atoms with E-state index in [-0.39, 0.29) is 18.3 Å². The molecular formula is C20H17N5O2S. The molecule has 4 rings (SSSR count). The van der Waals surface area contributed by atoms with Gasteiger partial charge in [0, 0.05) is 10.9 Å². The first-order valence-corrected chi connectivity index (χ1v) is 9.46. The molecule has 0 bridgehead atoms. The van der Waals surface area contributed by atoms with E-state index in [9.17, 15) is 4.79 Å². The van der Waals surface area contributed by atoms with Crippen molar-refractivity contribution in [3.05, 3.63) is 65.7 Å². The van der Waals surface area contributed by atoms with Gasteiger partial charge < -0.3 is 4.74 Å². The molecule has 28 heavy (non-hydrogen) atoms. The van der Waals surface area contributed by atoms with E-state index >= 15 is 0 Å². The number of amides is 1. The summed E-state index contributed by atoms with van der Waals surface area (Å²) >= 11 is 1.51. The first-order valence-electron chi connectivity index (χ1n) is 8.58. The Hall–Kier alpha value is -3.52.